The molecular formula is C35H34N2O5. The summed E-state index contributed by atoms with van der Waals surface area (Å²) in [5, 5.41) is 11.2. The number of phenols is 1. The van der Waals surface area contributed by atoms with Crippen LogP contribution in [-0.4, -0.2) is 56.3 Å². The van der Waals surface area contributed by atoms with E-state index in [0.717, 1.165) is 83.2 Å². The van der Waals surface area contributed by atoms with Gasteiger partial charge < -0.3 is 24.1 Å². The third kappa shape index (κ3) is 3.73. The average Bonchev–Trinajstić information content (AvgIpc) is 3.00. The minimum absolute atomic E-state index is 0.00210. The molecule has 2 unspecified atom stereocenters. The molecule has 4 aliphatic rings. The first-order valence-corrected chi connectivity index (χ1v) is 14.6. The first kappa shape index (κ1) is 25.5. The summed E-state index contributed by atoms with van der Waals surface area (Å²) in [6.45, 7) is 1.82. The summed E-state index contributed by atoms with van der Waals surface area (Å²) >= 11 is 0. The van der Waals surface area contributed by atoms with Crippen LogP contribution in [-0.2, 0) is 19.3 Å². The lowest BCUT2D eigenvalue weighted by molar-refractivity contribution is 0.219. The first-order chi connectivity index (χ1) is 20.4. The molecule has 4 aromatic rings. The average molecular weight is 563 g/mol. The van der Waals surface area contributed by atoms with Crippen LogP contribution in [0.3, 0.4) is 0 Å². The third-order valence-electron chi connectivity index (χ3n) is 9.56. The summed E-state index contributed by atoms with van der Waals surface area (Å²) in [5.41, 5.74) is 8.70. The maximum atomic E-state index is 11.2. The van der Waals surface area contributed by atoms with Gasteiger partial charge in [-0.25, -0.2) is 0 Å². The Bertz CT molecular complexity index is 1770. The minimum atomic E-state index is 0.00210. The normalized spacial score (nSPS) is 20.2. The van der Waals surface area contributed by atoms with E-state index in [-0.39, 0.29) is 17.8 Å². The van der Waals surface area contributed by atoms with Crippen molar-refractivity contribution in [3.05, 3.63) is 88.0 Å². The SMILES string of the molecule is COc1ccc2cc1-c1cc(ccc1O)CC1c3c(cc(OC)c4c3Oc3cc5c(cc3O4)CCN(C)C25)CCN1C. The minimum Gasteiger partial charge on any atom is -0.507 e. The predicted octanol–water partition coefficient (Wildman–Crippen LogP) is 6.64. The van der Waals surface area contributed by atoms with Crippen molar-refractivity contribution in [2.24, 2.45) is 0 Å². The molecule has 42 heavy (non-hydrogen) atoms. The molecule has 0 amide bonds. The Kier molecular flexibility index (Phi) is 5.71. The number of ether oxygens (including phenoxy) is 4. The highest BCUT2D eigenvalue weighted by Gasteiger charge is 2.37. The van der Waals surface area contributed by atoms with Gasteiger partial charge in [0.25, 0.3) is 0 Å². The Morgan fingerprint density at radius 3 is 2.36 bits per heavy atom. The Balaban J connectivity index is 1.44. The van der Waals surface area contributed by atoms with Gasteiger partial charge in [0, 0.05) is 35.8 Å². The molecule has 0 saturated heterocycles. The molecule has 0 saturated carbocycles. The van der Waals surface area contributed by atoms with E-state index >= 15 is 0 Å². The van der Waals surface area contributed by atoms with Crippen molar-refractivity contribution >= 4 is 0 Å². The summed E-state index contributed by atoms with van der Waals surface area (Å²) in [5.74, 6) is 4.50. The van der Waals surface area contributed by atoms with E-state index in [1.165, 1.54) is 16.7 Å². The van der Waals surface area contributed by atoms with E-state index in [2.05, 4.69) is 60.3 Å². The number of benzene rings is 4. The van der Waals surface area contributed by atoms with E-state index in [1.54, 1.807) is 14.2 Å². The lowest BCUT2D eigenvalue weighted by Gasteiger charge is -2.38. The number of phenolic OH excluding ortho intramolecular Hbond substituents is 1. The molecule has 214 valence electrons. The van der Waals surface area contributed by atoms with Gasteiger partial charge in [0.2, 0.25) is 5.75 Å². The van der Waals surface area contributed by atoms with Crippen LogP contribution in [0.2, 0.25) is 0 Å². The Morgan fingerprint density at radius 1 is 0.762 bits per heavy atom. The van der Waals surface area contributed by atoms with Crippen molar-refractivity contribution < 1.29 is 24.1 Å². The number of methoxy groups -OCH3 is 2. The summed E-state index contributed by atoms with van der Waals surface area (Å²) in [6, 6.07) is 18.7. The van der Waals surface area contributed by atoms with Crippen LogP contribution in [0.25, 0.3) is 11.1 Å². The smallest absolute Gasteiger partial charge is 0.212 e. The van der Waals surface area contributed by atoms with Crippen LogP contribution in [0, 0.1) is 0 Å². The number of likely N-dealkylation sites (N-methyl/N-ethyl adjacent to an activating group) is 2. The quantitative estimate of drug-likeness (QED) is 0.259. The zero-order valence-corrected chi connectivity index (χ0v) is 24.4. The fourth-order valence-electron chi connectivity index (χ4n) is 7.36. The molecule has 2 atom stereocenters. The Morgan fingerprint density at radius 2 is 1.52 bits per heavy atom. The molecule has 0 aromatic heterocycles. The molecule has 0 radical (unpaired) electrons. The van der Waals surface area contributed by atoms with E-state index in [1.807, 2.05) is 18.2 Å². The van der Waals surface area contributed by atoms with Crippen LogP contribution in [0.15, 0.2) is 54.6 Å². The van der Waals surface area contributed by atoms with Crippen LogP contribution in [0.4, 0.5) is 0 Å². The number of fused-ring (bicyclic) bond motifs is 6. The zero-order chi connectivity index (χ0) is 28.7. The van der Waals surface area contributed by atoms with Gasteiger partial charge in [-0.3, -0.25) is 9.80 Å². The second-order valence-corrected chi connectivity index (χ2v) is 11.9. The molecule has 7 bridgehead atoms. The second kappa shape index (κ2) is 9.41. The number of hydrogen-bond donors (Lipinski definition) is 1. The molecule has 8 rings (SSSR count). The van der Waals surface area contributed by atoms with Crippen molar-refractivity contribution in [1.82, 2.24) is 9.80 Å². The highest BCUT2D eigenvalue weighted by atomic mass is 16.6. The standard InChI is InChI=1S/C35H34N2O5/c1-36-11-10-21-17-31(40-4)34-35-32(21)26(36)14-19-5-7-27(38)24(13-19)25-15-22(6-8-28(25)39-3)33-23-18-30(42-35)29(41-34)16-20(23)9-12-37(33)2/h5-8,13,15-18,26,33,38H,9-12,14H2,1-4H3. The molecular weight excluding hydrogens is 528 g/mol. The fourth-order valence-corrected chi connectivity index (χ4v) is 7.36. The molecule has 1 N–H and O–H groups in total. The molecule has 7 nitrogen and oxygen atoms in total. The van der Waals surface area contributed by atoms with Gasteiger partial charge in [0.1, 0.15) is 11.5 Å². The highest BCUT2D eigenvalue weighted by Crippen LogP contribution is 2.57. The Labute approximate surface area is 245 Å². The monoisotopic (exact) mass is 562 g/mol. The molecule has 0 aliphatic carbocycles. The van der Waals surface area contributed by atoms with Crippen molar-refractivity contribution in [3.8, 4) is 51.4 Å². The van der Waals surface area contributed by atoms with E-state index in [0.29, 0.717) is 11.5 Å². The van der Waals surface area contributed by atoms with E-state index < -0.39 is 0 Å². The lowest BCUT2D eigenvalue weighted by atomic mass is 9.86. The van der Waals surface area contributed by atoms with Gasteiger partial charge in [-0.2, -0.15) is 0 Å². The summed E-state index contributed by atoms with van der Waals surface area (Å²) in [7, 11) is 7.71. The van der Waals surface area contributed by atoms with Crippen molar-refractivity contribution in [1.29, 1.82) is 0 Å². The first-order valence-electron chi connectivity index (χ1n) is 14.6. The van der Waals surface area contributed by atoms with Crippen LogP contribution in [0.5, 0.6) is 40.2 Å². The highest BCUT2D eigenvalue weighted by molar-refractivity contribution is 5.77. The van der Waals surface area contributed by atoms with Gasteiger partial charge in [-0.05, 0) is 104 Å². The van der Waals surface area contributed by atoms with E-state index in [4.69, 9.17) is 18.9 Å². The van der Waals surface area contributed by atoms with Crippen molar-refractivity contribution in [3.63, 3.8) is 0 Å². The van der Waals surface area contributed by atoms with Gasteiger partial charge in [-0.15, -0.1) is 0 Å². The van der Waals surface area contributed by atoms with Crippen LogP contribution < -0.4 is 18.9 Å². The van der Waals surface area contributed by atoms with E-state index in [9.17, 15) is 5.11 Å². The third-order valence-corrected chi connectivity index (χ3v) is 9.56. The fraction of sp³-hybridized carbons (Fsp3) is 0.314. The second-order valence-electron chi connectivity index (χ2n) is 11.9. The summed E-state index contributed by atoms with van der Waals surface area (Å²) in [4.78, 5) is 4.76. The van der Waals surface area contributed by atoms with Crippen LogP contribution in [0.1, 0.15) is 45.5 Å². The molecule has 0 fully saturated rings. The predicted molar refractivity (Wildman–Crippen MR) is 161 cm³/mol. The maximum Gasteiger partial charge on any atom is 0.212 e. The van der Waals surface area contributed by atoms with Crippen molar-refractivity contribution in [2.45, 2.75) is 31.3 Å². The number of nitrogens with zero attached hydrogens (tertiary/aromatic N) is 2. The number of hydrogen-bond acceptors (Lipinski definition) is 7. The maximum absolute atomic E-state index is 11.2. The number of aromatic hydroxyl groups is 1. The largest absolute Gasteiger partial charge is 0.507 e. The molecule has 4 aliphatic heterocycles. The summed E-state index contributed by atoms with van der Waals surface area (Å²) in [6.07, 6.45) is 2.54. The topological polar surface area (TPSA) is 63.6 Å². The Hall–Kier alpha value is -4.20. The van der Waals surface area contributed by atoms with Gasteiger partial charge in [-0.1, -0.05) is 12.1 Å². The molecule has 7 heteroatoms. The van der Waals surface area contributed by atoms with Crippen molar-refractivity contribution in [2.75, 3.05) is 41.4 Å². The van der Waals surface area contributed by atoms with Crippen LogP contribution >= 0.6 is 0 Å². The zero-order valence-electron chi connectivity index (χ0n) is 24.4. The van der Waals surface area contributed by atoms with Gasteiger partial charge in [0.15, 0.2) is 23.0 Å². The lowest BCUT2D eigenvalue weighted by Crippen LogP contribution is -2.34. The van der Waals surface area contributed by atoms with Gasteiger partial charge >= 0.3 is 0 Å². The summed E-state index contributed by atoms with van der Waals surface area (Å²) < 4.78 is 25.2. The van der Waals surface area contributed by atoms with Gasteiger partial charge in [0.05, 0.1) is 20.3 Å². The number of rotatable bonds is 2. The molecule has 4 heterocycles. The molecule has 0 spiro atoms. The molecule has 4 aromatic carbocycles.